The minimum absolute atomic E-state index is 0.00973. The number of aromatic nitrogens is 1. The quantitative estimate of drug-likeness (QED) is 0.732. The number of carbonyl (C=O) groups is 1. The molecule has 0 spiro atoms. The third-order valence-electron chi connectivity index (χ3n) is 2.51. The molecule has 0 atom stereocenters. The number of anilines is 1. The molecule has 0 aliphatic carbocycles. The lowest BCUT2D eigenvalue weighted by molar-refractivity contribution is -0.122. The van der Waals surface area contributed by atoms with Gasteiger partial charge >= 0.3 is 0 Å². The van der Waals surface area contributed by atoms with Crippen molar-refractivity contribution in [3.63, 3.8) is 0 Å². The second kappa shape index (κ2) is 3.29. The zero-order valence-electron chi connectivity index (χ0n) is 8.10. The van der Waals surface area contributed by atoms with Crippen LogP contribution >= 0.6 is 0 Å². The molecule has 1 aromatic heterocycles. The molecule has 4 heteroatoms. The number of pyridine rings is 1. The van der Waals surface area contributed by atoms with Crippen LogP contribution in [0.4, 0.5) is 5.69 Å². The van der Waals surface area contributed by atoms with Gasteiger partial charge in [0, 0.05) is 19.3 Å². The maximum atomic E-state index is 10.8. The van der Waals surface area contributed by atoms with Crippen LogP contribution in [0.2, 0.25) is 0 Å². The van der Waals surface area contributed by atoms with E-state index in [4.69, 9.17) is 5.73 Å². The summed E-state index contributed by atoms with van der Waals surface area (Å²) in [5, 5.41) is 0. The Hall–Kier alpha value is -1.58. The molecular weight excluding hydrogens is 178 g/mol. The molecule has 0 radical (unpaired) electrons. The molecule has 1 fully saturated rings. The van der Waals surface area contributed by atoms with E-state index < -0.39 is 0 Å². The van der Waals surface area contributed by atoms with Crippen LogP contribution in [-0.2, 0) is 4.79 Å². The molecule has 0 unspecified atom stereocenters. The van der Waals surface area contributed by atoms with E-state index in [-0.39, 0.29) is 11.8 Å². The van der Waals surface area contributed by atoms with Crippen LogP contribution < -0.4 is 10.6 Å². The van der Waals surface area contributed by atoms with Crippen molar-refractivity contribution in [2.45, 2.75) is 6.92 Å². The maximum absolute atomic E-state index is 10.8. The number of primary amides is 1. The standard InChI is InChI=1S/C10H13N3O/c1-7-2-9(4-12-3-7)13-5-8(6-13)10(11)14/h2-4,8H,5-6H2,1H3,(H2,11,14). The van der Waals surface area contributed by atoms with Crippen molar-refractivity contribution in [1.82, 2.24) is 4.98 Å². The van der Waals surface area contributed by atoms with Crippen LogP contribution in [0.3, 0.4) is 0 Å². The maximum Gasteiger partial charge on any atom is 0.224 e. The molecule has 0 aromatic carbocycles. The second-order valence-electron chi connectivity index (χ2n) is 3.72. The van der Waals surface area contributed by atoms with E-state index in [2.05, 4.69) is 16.0 Å². The largest absolute Gasteiger partial charge is 0.369 e. The van der Waals surface area contributed by atoms with Crippen molar-refractivity contribution in [3.05, 3.63) is 24.0 Å². The third-order valence-corrected chi connectivity index (χ3v) is 2.51. The van der Waals surface area contributed by atoms with Gasteiger partial charge in [-0.1, -0.05) is 0 Å². The lowest BCUT2D eigenvalue weighted by Crippen LogP contribution is -2.52. The number of aryl methyl sites for hydroxylation is 1. The first-order chi connectivity index (χ1) is 6.66. The number of hydrogen-bond donors (Lipinski definition) is 1. The monoisotopic (exact) mass is 191 g/mol. The molecule has 1 saturated heterocycles. The van der Waals surface area contributed by atoms with Gasteiger partial charge in [-0.2, -0.15) is 0 Å². The summed E-state index contributed by atoms with van der Waals surface area (Å²) < 4.78 is 0. The SMILES string of the molecule is Cc1cncc(N2CC(C(N)=O)C2)c1. The average molecular weight is 191 g/mol. The molecular formula is C10H13N3O. The van der Waals surface area contributed by atoms with Crippen molar-refractivity contribution in [1.29, 1.82) is 0 Å². The molecule has 74 valence electrons. The Kier molecular flexibility index (Phi) is 2.11. The van der Waals surface area contributed by atoms with Crippen LogP contribution in [0.5, 0.6) is 0 Å². The fourth-order valence-electron chi connectivity index (χ4n) is 1.58. The number of amides is 1. The van der Waals surface area contributed by atoms with Crippen molar-refractivity contribution < 1.29 is 4.79 Å². The highest BCUT2D eigenvalue weighted by atomic mass is 16.1. The number of carbonyl (C=O) groups excluding carboxylic acids is 1. The van der Waals surface area contributed by atoms with Crippen LogP contribution in [-0.4, -0.2) is 24.0 Å². The van der Waals surface area contributed by atoms with Gasteiger partial charge < -0.3 is 10.6 Å². The summed E-state index contributed by atoms with van der Waals surface area (Å²) in [5.41, 5.74) is 7.39. The molecule has 2 heterocycles. The second-order valence-corrected chi connectivity index (χ2v) is 3.72. The highest BCUT2D eigenvalue weighted by Crippen LogP contribution is 2.23. The molecule has 14 heavy (non-hydrogen) atoms. The molecule has 4 nitrogen and oxygen atoms in total. The summed E-state index contributed by atoms with van der Waals surface area (Å²) in [6, 6.07) is 2.06. The van der Waals surface area contributed by atoms with Gasteiger partial charge in [-0.15, -0.1) is 0 Å². The number of hydrogen-bond acceptors (Lipinski definition) is 3. The Morgan fingerprint density at radius 2 is 2.29 bits per heavy atom. The highest BCUT2D eigenvalue weighted by Gasteiger charge is 2.31. The molecule has 0 bridgehead atoms. The van der Waals surface area contributed by atoms with Crippen LogP contribution in [0.25, 0.3) is 0 Å². The summed E-state index contributed by atoms with van der Waals surface area (Å²) in [4.78, 5) is 17.0. The molecule has 1 aromatic rings. The number of rotatable bonds is 2. The van der Waals surface area contributed by atoms with Gasteiger partial charge in [0.15, 0.2) is 0 Å². The van der Waals surface area contributed by atoms with Crippen LogP contribution in [0.1, 0.15) is 5.56 Å². The van der Waals surface area contributed by atoms with E-state index in [0.29, 0.717) is 0 Å². The Balaban J connectivity index is 2.03. The van der Waals surface area contributed by atoms with Gasteiger partial charge in [-0.25, -0.2) is 0 Å². The minimum Gasteiger partial charge on any atom is -0.369 e. The average Bonchev–Trinajstić information content (AvgIpc) is 2.00. The number of nitrogens with two attached hydrogens (primary N) is 1. The van der Waals surface area contributed by atoms with Gasteiger partial charge in [0.2, 0.25) is 5.91 Å². The molecule has 2 rings (SSSR count). The third kappa shape index (κ3) is 1.55. The Morgan fingerprint density at radius 3 is 2.86 bits per heavy atom. The van der Waals surface area contributed by atoms with Gasteiger partial charge in [0.1, 0.15) is 0 Å². The molecule has 1 aliphatic heterocycles. The topological polar surface area (TPSA) is 59.2 Å². The fraction of sp³-hybridized carbons (Fsp3) is 0.400. The zero-order chi connectivity index (χ0) is 10.1. The van der Waals surface area contributed by atoms with Gasteiger partial charge in [0.25, 0.3) is 0 Å². The first kappa shape index (κ1) is 8.99. The Labute approximate surface area is 82.7 Å². The van der Waals surface area contributed by atoms with E-state index in [0.717, 1.165) is 24.3 Å². The van der Waals surface area contributed by atoms with Gasteiger partial charge in [-0.3, -0.25) is 9.78 Å². The van der Waals surface area contributed by atoms with Crippen LogP contribution in [0.15, 0.2) is 18.5 Å². The lowest BCUT2D eigenvalue weighted by Gasteiger charge is -2.39. The summed E-state index contributed by atoms with van der Waals surface area (Å²) in [5.74, 6) is -0.197. The minimum atomic E-state index is -0.207. The number of nitrogens with zero attached hydrogens (tertiary/aromatic N) is 2. The smallest absolute Gasteiger partial charge is 0.224 e. The normalized spacial score (nSPS) is 16.5. The Morgan fingerprint density at radius 1 is 1.57 bits per heavy atom. The first-order valence-electron chi connectivity index (χ1n) is 4.63. The van der Waals surface area contributed by atoms with E-state index in [1.54, 1.807) is 0 Å². The lowest BCUT2D eigenvalue weighted by atomic mass is 9.99. The van der Waals surface area contributed by atoms with E-state index in [1.807, 2.05) is 19.3 Å². The van der Waals surface area contributed by atoms with Crippen molar-refractivity contribution in [3.8, 4) is 0 Å². The molecule has 1 aliphatic rings. The summed E-state index contributed by atoms with van der Waals surface area (Å²) in [6.45, 7) is 3.45. The molecule has 0 saturated carbocycles. The summed E-state index contributed by atoms with van der Waals surface area (Å²) in [6.07, 6.45) is 3.62. The fourth-order valence-corrected chi connectivity index (χ4v) is 1.58. The van der Waals surface area contributed by atoms with Crippen molar-refractivity contribution >= 4 is 11.6 Å². The van der Waals surface area contributed by atoms with Crippen LogP contribution in [0, 0.1) is 12.8 Å². The van der Waals surface area contributed by atoms with Gasteiger partial charge in [0.05, 0.1) is 17.8 Å². The summed E-state index contributed by atoms with van der Waals surface area (Å²) in [7, 11) is 0. The predicted octanol–water partition coefficient (Wildman–Crippen LogP) is 0.312. The Bertz CT molecular complexity index is 358. The summed E-state index contributed by atoms with van der Waals surface area (Å²) >= 11 is 0. The zero-order valence-corrected chi connectivity index (χ0v) is 8.10. The first-order valence-corrected chi connectivity index (χ1v) is 4.63. The van der Waals surface area contributed by atoms with Gasteiger partial charge in [-0.05, 0) is 18.6 Å². The van der Waals surface area contributed by atoms with E-state index in [9.17, 15) is 4.79 Å². The van der Waals surface area contributed by atoms with Crippen molar-refractivity contribution in [2.24, 2.45) is 11.7 Å². The predicted molar refractivity (Wildman–Crippen MR) is 53.9 cm³/mol. The molecule has 2 N–H and O–H groups in total. The van der Waals surface area contributed by atoms with E-state index >= 15 is 0 Å². The van der Waals surface area contributed by atoms with Crippen molar-refractivity contribution in [2.75, 3.05) is 18.0 Å². The highest BCUT2D eigenvalue weighted by molar-refractivity contribution is 5.80. The molecule has 1 amide bonds. The van der Waals surface area contributed by atoms with E-state index in [1.165, 1.54) is 0 Å².